The van der Waals surface area contributed by atoms with Crippen molar-refractivity contribution >= 4 is 5.82 Å². The van der Waals surface area contributed by atoms with E-state index in [0.29, 0.717) is 5.82 Å². The molecule has 0 saturated carbocycles. The van der Waals surface area contributed by atoms with Crippen molar-refractivity contribution in [2.75, 3.05) is 5.73 Å². The molecule has 3 nitrogen and oxygen atoms in total. The molecule has 0 amide bonds. The molecule has 0 aliphatic rings. The predicted molar refractivity (Wildman–Crippen MR) is 66.0 cm³/mol. The van der Waals surface area contributed by atoms with Crippen LogP contribution in [0.25, 0.3) is 11.1 Å². The fraction of sp³-hybridized carbons (Fsp3) is 0.231. The van der Waals surface area contributed by atoms with Gasteiger partial charge in [0.1, 0.15) is 11.6 Å². The Morgan fingerprint density at radius 1 is 1.12 bits per heavy atom. The highest BCUT2D eigenvalue weighted by Crippen LogP contribution is 2.26. The first-order valence-corrected chi connectivity index (χ1v) is 5.40. The van der Waals surface area contributed by atoms with Gasteiger partial charge < -0.3 is 5.73 Å². The van der Waals surface area contributed by atoms with Gasteiger partial charge in [-0.05, 0) is 12.5 Å². The largest absolute Gasteiger partial charge is 0.383 e. The Hall–Kier alpha value is -1.90. The minimum atomic E-state index is 0.565. The second-order valence-electron chi connectivity index (χ2n) is 3.71. The van der Waals surface area contributed by atoms with Gasteiger partial charge in [0, 0.05) is 12.0 Å². The molecule has 1 aromatic carbocycles. The van der Waals surface area contributed by atoms with Gasteiger partial charge in [0.05, 0.1) is 5.69 Å². The summed E-state index contributed by atoms with van der Waals surface area (Å²) in [6.45, 7) is 4.00. The van der Waals surface area contributed by atoms with Gasteiger partial charge in [-0.1, -0.05) is 37.3 Å². The zero-order chi connectivity index (χ0) is 11.5. The second kappa shape index (κ2) is 4.31. The van der Waals surface area contributed by atoms with Gasteiger partial charge in [-0.25, -0.2) is 9.97 Å². The molecule has 2 rings (SSSR count). The second-order valence-corrected chi connectivity index (χ2v) is 3.71. The van der Waals surface area contributed by atoms with E-state index in [2.05, 4.69) is 9.97 Å². The van der Waals surface area contributed by atoms with Gasteiger partial charge in [0.2, 0.25) is 0 Å². The van der Waals surface area contributed by atoms with E-state index >= 15 is 0 Å². The number of nitrogens with two attached hydrogens (primary N) is 1. The summed E-state index contributed by atoms with van der Waals surface area (Å²) in [6.07, 6.45) is 0.806. The van der Waals surface area contributed by atoms with E-state index in [1.165, 1.54) is 0 Å². The number of hydrogen-bond acceptors (Lipinski definition) is 3. The average molecular weight is 213 g/mol. The Labute approximate surface area is 95.4 Å². The van der Waals surface area contributed by atoms with Gasteiger partial charge in [-0.2, -0.15) is 0 Å². The number of rotatable bonds is 2. The lowest BCUT2D eigenvalue weighted by Gasteiger charge is -2.09. The monoisotopic (exact) mass is 213 g/mol. The first-order chi connectivity index (χ1) is 7.72. The molecule has 0 spiro atoms. The van der Waals surface area contributed by atoms with Crippen LogP contribution in [0.1, 0.15) is 18.4 Å². The van der Waals surface area contributed by atoms with Crippen LogP contribution in [0.15, 0.2) is 30.3 Å². The molecular formula is C13H15N3. The molecule has 0 aliphatic carbocycles. The van der Waals surface area contributed by atoms with Crippen LogP contribution >= 0.6 is 0 Å². The summed E-state index contributed by atoms with van der Waals surface area (Å²) < 4.78 is 0. The van der Waals surface area contributed by atoms with Crippen molar-refractivity contribution < 1.29 is 0 Å². The van der Waals surface area contributed by atoms with Crippen LogP contribution in [-0.4, -0.2) is 9.97 Å². The zero-order valence-electron chi connectivity index (χ0n) is 9.57. The lowest BCUT2D eigenvalue weighted by atomic mass is 10.1. The molecule has 2 N–H and O–H groups in total. The summed E-state index contributed by atoms with van der Waals surface area (Å²) >= 11 is 0. The maximum absolute atomic E-state index is 5.98. The SMILES string of the molecule is CCc1nc(C)c(-c2ccccc2)c(N)n1. The first kappa shape index (κ1) is 10.6. The third kappa shape index (κ3) is 1.89. The average Bonchev–Trinajstić information content (AvgIpc) is 2.29. The summed E-state index contributed by atoms with van der Waals surface area (Å²) in [7, 11) is 0. The van der Waals surface area contributed by atoms with E-state index in [4.69, 9.17) is 5.73 Å². The molecule has 0 atom stereocenters. The Morgan fingerprint density at radius 2 is 1.81 bits per heavy atom. The summed E-state index contributed by atoms with van der Waals surface area (Å²) in [5.74, 6) is 1.37. The van der Waals surface area contributed by atoms with Gasteiger partial charge in [0.15, 0.2) is 0 Å². The summed E-state index contributed by atoms with van der Waals surface area (Å²) in [5, 5.41) is 0. The molecule has 0 unspecified atom stereocenters. The number of aryl methyl sites for hydroxylation is 2. The van der Waals surface area contributed by atoms with Crippen LogP contribution < -0.4 is 5.73 Å². The minimum Gasteiger partial charge on any atom is -0.383 e. The molecule has 82 valence electrons. The van der Waals surface area contributed by atoms with Crippen LogP contribution in [0.4, 0.5) is 5.82 Å². The Kier molecular flexibility index (Phi) is 2.86. The van der Waals surface area contributed by atoms with Crippen molar-refractivity contribution in [3.05, 3.63) is 41.9 Å². The fourth-order valence-corrected chi connectivity index (χ4v) is 1.77. The molecule has 0 aliphatic heterocycles. The summed E-state index contributed by atoms with van der Waals surface area (Å²) in [4.78, 5) is 8.73. The number of benzene rings is 1. The van der Waals surface area contributed by atoms with Crippen LogP contribution in [0.2, 0.25) is 0 Å². The van der Waals surface area contributed by atoms with E-state index in [1.54, 1.807) is 0 Å². The van der Waals surface area contributed by atoms with Gasteiger partial charge in [0.25, 0.3) is 0 Å². The first-order valence-electron chi connectivity index (χ1n) is 5.40. The number of nitrogens with zero attached hydrogens (tertiary/aromatic N) is 2. The fourth-order valence-electron chi connectivity index (χ4n) is 1.77. The van der Waals surface area contributed by atoms with Gasteiger partial charge in [-0.15, -0.1) is 0 Å². The lowest BCUT2D eigenvalue weighted by molar-refractivity contribution is 0.925. The highest BCUT2D eigenvalue weighted by atomic mass is 14.9. The Balaban J connectivity index is 2.58. The molecule has 0 saturated heterocycles. The molecule has 2 aromatic rings. The maximum Gasteiger partial charge on any atom is 0.135 e. The Bertz CT molecular complexity index is 469. The zero-order valence-corrected chi connectivity index (χ0v) is 9.57. The van der Waals surface area contributed by atoms with E-state index < -0.39 is 0 Å². The third-order valence-electron chi connectivity index (χ3n) is 2.54. The maximum atomic E-state index is 5.98. The molecule has 1 aromatic heterocycles. The van der Waals surface area contributed by atoms with Gasteiger partial charge in [-0.3, -0.25) is 0 Å². The standard InChI is InChI=1S/C13H15N3/c1-3-11-15-9(2)12(13(14)16-11)10-7-5-4-6-8-10/h4-8H,3H2,1-2H3,(H2,14,15,16). The van der Waals surface area contributed by atoms with Crippen molar-refractivity contribution in [3.8, 4) is 11.1 Å². The van der Waals surface area contributed by atoms with Crippen molar-refractivity contribution in [1.29, 1.82) is 0 Å². The van der Waals surface area contributed by atoms with Crippen LogP contribution in [0, 0.1) is 6.92 Å². The number of nitrogen functional groups attached to an aromatic ring is 1. The van der Waals surface area contributed by atoms with Crippen molar-refractivity contribution in [3.63, 3.8) is 0 Å². The Morgan fingerprint density at radius 3 is 2.38 bits per heavy atom. The summed E-state index contributed by atoms with van der Waals surface area (Å²) in [5.41, 5.74) is 8.93. The third-order valence-corrected chi connectivity index (χ3v) is 2.54. The molecule has 3 heteroatoms. The molecule has 0 radical (unpaired) electrons. The molecule has 1 heterocycles. The van der Waals surface area contributed by atoms with E-state index in [-0.39, 0.29) is 0 Å². The van der Waals surface area contributed by atoms with Crippen molar-refractivity contribution in [1.82, 2.24) is 9.97 Å². The normalized spacial score (nSPS) is 10.4. The molecule has 0 fully saturated rings. The van der Waals surface area contributed by atoms with Crippen molar-refractivity contribution in [2.24, 2.45) is 0 Å². The molecular weight excluding hydrogens is 198 g/mol. The van der Waals surface area contributed by atoms with E-state index in [1.807, 2.05) is 44.2 Å². The number of anilines is 1. The minimum absolute atomic E-state index is 0.565. The highest BCUT2D eigenvalue weighted by Gasteiger charge is 2.09. The quantitative estimate of drug-likeness (QED) is 0.834. The topological polar surface area (TPSA) is 51.8 Å². The van der Waals surface area contributed by atoms with E-state index in [9.17, 15) is 0 Å². The van der Waals surface area contributed by atoms with Crippen LogP contribution in [-0.2, 0) is 6.42 Å². The van der Waals surface area contributed by atoms with Crippen LogP contribution in [0.5, 0.6) is 0 Å². The predicted octanol–water partition coefficient (Wildman–Crippen LogP) is 2.60. The van der Waals surface area contributed by atoms with Crippen molar-refractivity contribution in [2.45, 2.75) is 20.3 Å². The molecule has 0 bridgehead atoms. The molecule has 16 heavy (non-hydrogen) atoms. The van der Waals surface area contributed by atoms with Gasteiger partial charge >= 0.3 is 0 Å². The smallest absolute Gasteiger partial charge is 0.135 e. The number of aromatic nitrogens is 2. The highest BCUT2D eigenvalue weighted by molar-refractivity contribution is 5.75. The number of hydrogen-bond donors (Lipinski definition) is 1. The van der Waals surface area contributed by atoms with Crippen LogP contribution in [0.3, 0.4) is 0 Å². The van der Waals surface area contributed by atoms with E-state index in [0.717, 1.165) is 29.1 Å². The lowest BCUT2D eigenvalue weighted by Crippen LogP contribution is -2.04. The summed E-state index contributed by atoms with van der Waals surface area (Å²) in [6, 6.07) is 10.0.